The summed E-state index contributed by atoms with van der Waals surface area (Å²) in [5.41, 5.74) is 7.93. The van der Waals surface area contributed by atoms with Gasteiger partial charge in [-0.05, 0) is 51.1 Å². The van der Waals surface area contributed by atoms with Crippen LogP contribution in [0.1, 0.15) is 29.9 Å². The first kappa shape index (κ1) is 14.8. The van der Waals surface area contributed by atoms with E-state index < -0.39 is 0 Å². The molecule has 1 amide bonds. The fraction of sp³-hybridized carbons (Fsp3) is 0.250. The van der Waals surface area contributed by atoms with Gasteiger partial charge in [0.2, 0.25) is 0 Å². The van der Waals surface area contributed by atoms with Gasteiger partial charge in [0.05, 0.1) is 29.2 Å². The van der Waals surface area contributed by atoms with Gasteiger partial charge >= 0.3 is 0 Å². The first-order valence-corrected chi connectivity index (χ1v) is 6.76. The molecule has 0 radical (unpaired) electrons. The molecule has 0 aliphatic heterocycles. The molecule has 0 atom stereocenters. The van der Waals surface area contributed by atoms with Gasteiger partial charge in [0.1, 0.15) is 5.75 Å². The van der Waals surface area contributed by atoms with Crippen LogP contribution in [0.3, 0.4) is 0 Å². The van der Waals surface area contributed by atoms with Crippen LogP contribution in [0.25, 0.3) is 0 Å². The van der Waals surface area contributed by atoms with Crippen molar-refractivity contribution in [3.8, 4) is 5.75 Å². The van der Waals surface area contributed by atoms with Gasteiger partial charge in [0.15, 0.2) is 0 Å². The van der Waals surface area contributed by atoms with Crippen LogP contribution >= 0.6 is 0 Å². The normalized spacial score (nSPS) is 10.5. The predicted octanol–water partition coefficient (Wildman–Crippen LogP) is 3.01. The number of amides is 1. The van der Waals surface area contributed by atoms with E-state index in [9.17, 15) is 4.79 Å². The second kappa shape index (κ2) is 6.26. The number of hydrogen-bond acceptors (Lipinski definition) is 4. The minimum Gasteiger partial charge on any atom is -0.491 e. The fourth-order valence-electron chi connectivity index (χ4n) is 1.87. The molecule has 0 saturated carbocycles. The lowest BCUT2D eigenvalue weighted by Crippen LogP contribution is -2.14. The topological polar surface area (TPSA) is 77.2 Å². The smallest absolute Gasteiger partial charge is 0.257 e. The molecule has 2 aromatic rings. The first-order chi connectivity index (χ1) is 9.95. The molecule has 1 aromatic heterocycles. The minimum atomic E-state index is -0.232. The van der Waals surface area contributed by atoms with Crippen LogP contribution in [-0.2, 0) is 0 Å². The van der Waals surface area contributed by atoms with E-state index in [0.29, 0.717) is 22.6 Å². The van der Waals surface area contributed by atoms with Gasteiger partial charge in [0, 0.05) is 5.69 Å². The molecule has 110 valence electrons. The number of nitrogens with two attached hydrogens (primary N) is 1. The average molecular weight is 285 g/mol. The quantitative estimate of drug-likeness (QED) is 0.905. The standard InChI is InChI=1S/C16H19N3O2/c1-10(2)21-14-6-4-13(5-7-14)19-16(20)15-8-12(17)9-18-11(15)3/h4-10H,17H2,1-3H3,(H,19,20). The third-order valence-corrected chi connectivity index (χ3v) is 2.84. The summed E-state index contributed by atoms with van der Waals surface area (Å²) in [5, 5.41) is 2.82. The Labute approximate surface area is 124 Å². The van der Waals surface area contributed by atoms with Crippen LogP contribution in [0.2, 0.25) is 0 Å². The molecule has 5 nitrogen and oxygen atoms in total. The van der Waals surface area contributed by atoms with Gasteiger partial charge in [-0.15, -0.1) is 0 Å². The number of anilines is 2. The molecule has 0 bridgehead atoms. The monoisotopic (exact) mass is 285 g/mol. The van der Waals surface area contributed by atoms with Gasteiger partial charge in [0.25, 0.3) is 5.91 Å². The van der Waals surface area contributed by atoms with Crippen molar-refractivity contribution >= 4 is 17.3 Å². The predicted molar refractivity (Wildman–Crippen MR) is 83.5 cm³/mol. The van der Waals surface area contributed by atoms with Crippen molar-refractivity contribution < 1.29 is 9.53 Å². The average Bonchev–Trinajstić information content (AvgIpc) is 2.43. The second-order valence-corrected chi connectivity index (χ2v) is 5.05. The SMILES string of the molecule is Cc1ncc(N)cc1C(=O)Nc1ccc(OC(C)C)cc1. The highest BCUT2D eigenvalue weighted by Gasteiger charge is 2.11. The molecule has 3 N–H and O–H groups in total. The highest BCUT2D eigenvalue weighted by Crippen LogP contribution is 2.18. The Morgan fingerprint density at radius 3 is 2.57 bits per heavy atom. The lowest BCUT2D eigenvalue weighted by molar-refractivity contribution is 0.102. The maximum absolute atomic E-state index is 12.2. The van der Waals surface area contributed by atoms with Crippen molar-refractivity contribution in [2.75, 3.05) is 11.1 Å². The minimum absolute atomic E-state index is 0.117. The third-order valence-electron chi connectivity index (χ3n) is 2.84. The number of ether oxygens (including phenoxy) is 1. The Kier molecular flexibility index (Phi) is 4.42. The number of carbonyl (C=O) groups excluding carboxylic acids is 1. The number of rotatable bonds is 4. The molecule has 0 unspecified atom stereocenters. The molecule has 1 heterocycles. The fourth-order valence-corrected chi connectivity index (χ4v) is 1.87. The lowest BCUT2D eigenvalue weighted by atomic mass is 10.1. The van der Waals surface area contributed by atoms with Crippen molar-refractivity contribution in [3.05, 3.63) is 47.8 Å². The van der Waals surface area contributed by atoms with Crippen molar-refractivity contribution in [1.82, 2.24) is 4.98 Å². The third kappa shape index (κ3) is 3.95. The van der Waals surface area contributed by atoms with E-state index in [1.54, 1.807) is 25.1 Å². The number of aryl methyl sites for hydroxylation is 1. The maximum Gasteiger partial charge on any atom is 0.257 e. The van der Waals surface area contributed by atoms with Crippen molar-refractivity contribution in [2.45, 2.75) is 26.9 Å². The van der Waals surface area contributed by atoms with Gasteiger partial charge in [-0.1, -0.05) is 0 Å². The molecule has 21 heavy (non-hydrogen) atoms. The number of nitrogens with one attached hydrogen (secondary N) is 1. The second-order valence-electron chi connectivity index (χ2n) is 5.05. The summed E-state index contributed by atoms with van der Waals surface area (Å²) in [6.45, 7) is 5.70. The van der Waals surface area contributed by atoms with Gasteiger partial charge in [-0.3, -0.25) is 9.78 Å². The largest absolute Gasteiger partial charge is 0.491 e. The molecule has 0 spiro atoms. The Bertz CT molecular complexity index is 636. The summed E-state index contributed by atoms with van der Waals surface area (Å²) in [5.74, 6) is 0.537. The van der Waals surface area contributed by atoms with E-state index in [1.807, 2.05) is 26.0 Å². The van der Waals surface area contributed by atoms with Crippen molar-refractivity contribution in [2.24, 2.45) is 0 Å². The maximum atomic E-state index is 12.2. The summed E-state index contributed by atoms with van der Waals surface area (Å²) >= 11 is 0. The van der Waals surface area contributed by atoms with E-state index in [0.717, 1.165) is 5.75 Å². The van der Waals surface area contributed by atoms with Crippen molar-refractivity contribution in [3.63, 3.8) is 0 Å². The number of hydrogen-bond donors (Lipinski definition) is 2. The number of nitrogen functional groups attached to an aromatic ring is 1. The van der Waals surface area contributed by atoms with Crippen LogP contribution < -0.4 is 15.8 Å². The van der Waals surface area contributed by atoms with E-state index in [4.69, 9.17) is 10.5 Å². The summed E-state index contributed by atoms with van der Waals surface area (Å²) in [6.07, 6.45) is 1.65. The van der Waals surface area contributed by atoms with E-state index in [2.05, 4.69) is 10.3 Å². The van der Waals surface area contributed by atoms with Crippen LogP contribution in [0, 0.1) is 6.92 Å². The van der Waals surface area contributed by atoms with Crippen LogP contribution in [0.4, 0.5) is 11.4 Å². The summed E-state index contributed by atoms with van der Waals surface area (Å²) in [4.78, 5) is 16.3. The molecule has 2 rings (SSSR count). The number of carbonyl (C=O) groups is 1. The molecule has 1 aromatic carbocycles. The number of aromatic nitrogens is 1. The van der Waals surface area contributed by atoms with Gasteiger partial charge in [-0.25, -0.2) is 0 Å². The van der Waals surface area contributed by atoms with Crippen LogP contribution in [0.15, 0.2) is 36.5 Å². The first-order valence-electron chi connectivity index (χ1n) is 6.76. The summed E-state index contributed by atoms with van der Waals surface area (Å²) in [7, 11) is 0. The Morgan fingerprint density at radius 1 is 1.29 bits per heavy atom. The molecular formula is C16H19N3O2. The molecular weight excluding hydrogens is 266 g/mol. The molecule has 0 aliphatic rings. The van der Waals surface area contributed by atoms with Gasteiger partial charge in [-0.2, -0.15) is 0 Å². The van der Waals surface area contributed by atoms with Crippen LogP contribution in [-0.4, -0.2) is 17.0 Å². The zero-order valence-corrected chi connectivity index (χ0v) is 12.4. The Balaban J connectivity index is 2.10. The molecule has 0 fully saturated rings. The number of nitrogens with zero attached hydrogens (tertiary/aromatic N) is 1. The lowest BCUT2D eigenvalue weighted by Gasteiger charge is -2.11. The number of pyridine rings is 1. The molecule has 0 saturated heterocycles. The van der Waals surface area contributed by atoms with Crippen LogP contribution in [0.5, 0.6) is 5.75 Å². The summed E-state index contributed by atoms with van der Waals surface area (Å²) in [6, 6.07) is 8.85. The molecule has 5 heteroatoms. The van der Waals surface area contributed by atoms with Crippen molar-refractivity contribution in [1.29, 1.82) is 0 Å². The summed E-state index contributed by atoms with van der Waals surface area (Å²) < 4.78 is 5.55. The van der Waals surface area contributed by atoms with E-state index in [-0.39, 0.29) is 12.0 Å². The van der Waals surface area contributed by atoms with Gasteiger partial charge < -0.3 is 15.8 Å². The highest BCUT2D eigenvalue weighted by molar-refractivity contribution is 6.05. The zero-order chi connectivity index (χ0) is 15.4. The Hall–Kier alpha value is -2.56. The zero-order valence-electron chi connectivity index (χ0n) is 12.4. The molecule has 0 aliphatic carbocycles. The van der Waals surface area contributed by atoms with E-state index in [1.165, 1.54) is 6.20 Å². The van der Waals surface area contributed by atoms with E-state index >= 15 is 0 Å². The highest BCUT2D eigenvalue weighted by atomic mass is 16.5. The number of benzene rings is 1. The Morgan fingerprint density at radius 2 is 1.95 bits per heavy atom.